The molecule has 102 valence electrons. The van der Waals surface area contributed by atoms with Crippen LogP contribution in [0.1, 0.15) is 24.5 Å². The molecular weight excluding hydrogens is 247 g/mol. The van der Waals surface area contributed by atoms with E-state index in [9.17, 15) is 14.0 Å². The molecule has 1 atom stereocenters. The summed E-state index contributed by atoms with van der Waals surface area (Å²) < 4.78 is 13.1. The van der Waals surface area contributed by atoms with E-state index in [2.05, 4.69) is 5.32 Å². The third-order valence-corrected chi connectivity index (χ3v) is 3.45. The first-order valence-corrected chi connectivity index (χ1v) is 6.35. The molecule has 5 heteroatoms. The molecule has 1 aromatic rings. The van der Waals surface area contributed by atoms with E-state index in [1.807, 2.05) is 6.92 Å². The zero-order chi connectivity index (χ0) is 14.0. The highest BCUT2D eigenvalue weighted by molar-refractivity contribution is 5.94. The van der Waals surface area contributed by atoms with E-state index in [4.69, 9.17) is 0 Å². The Morgan fingerprint density at radius 3 is 2.79 bits per heavy atom. The van der Waals surface area contributed by atoms with Crippen LogP contribution in [0.3, 0.4) is 0 Å². The molecule has 1 N–H and O–H groups in total. The van der Waals surface area contributed by atoms with Crippen molar-refractivity contribution in [1.82, 2.24) is 10.2 Å². The van der Waals surface area contributed by atoms with E-state index in [1.54, 1.807) is 17.9 Å². The van der Waals surface area contributed by atoms with Crippen molar-refractivity contribution < 1.29 is 14.0 Å². The van der Waals surface area contributed by atoms with Gasteiger partial charge in [-0.3, -0.25) is 9.59 Å². The first-order chi connectivity index (χ1) is 9.02. The molecule has 1 heterocycles. The average molecular weight is 264 g/mol. The van der Waals surface area contributed by atoms with Crippen LogP contribution in [0.15, 0.2) is 18.2 Å². The molecule has 1 unspecified atom stereocenters. The Balaban J connectivity index is 2.23. The minimum Gasteiger partial charge on any atom is -0.345 e. The van der Waals surface area contributed by atoms with Gasteiger partial charge in [0.05, 0.1) is 6.54 Å². The Hall–Kier alpha value is -1.91. The fourth-order valence-electron chi connectivity index (χ4n) is 2.32. The summed E-state index contributed by atoms with van der Waals surface area (Å²) >= 11 is 0. The Morgan fingerprint density at radius 2 is 2.16 bits per heavy atom. The van der Waals surface area contributed by atoms with Gasteiger partial charge in [-0.2, -0.15) is 0 Å². The number of nitrogens with one attached hydrogen (secondary N) is 1. The molecule has 0 spiro atoms. The number of carbonyl (C=O) groups is 2. The van der Waals surface area contributed by atoms with Crippen molar-refractivity contribution in [2.24, 2.45) is 0 Å². The summed E-state index contributed by atoms with van der Waals surface area (Å²) in [4.78, 5) is 25.2. The van der Waals surface area contributed by atoms with Crippen LogP contribution < -0.4 is 5.32 Å². The third-order valence-electron chi connectivity index (χ3n) is 3.45. The standard InChI is InChI=1S/C14H17FN2O2/c1-3-12-14(19)16-7-13(18)17(12)8-10-4-5-11(15)6-9(10)2/h4-6,12H,3,7-8H2,1-2H3,(H,16,19). The lowest BCUT2D eigenvalue weighted by atomic mass is 10.0. The molecule has 0 radical (unpaired) electrons. The van der Waals surface area contributed by atoms with Crippen LogP contribution >= 0.6 is 0 Å². The number of nitrogens with zero attached hydrogens (tertiary/aromatic N) is 1. The highest BCUT2D eigenvalue weighted by Crippen LogP contribution is 2.17. The van der Waals surface area contributed by atoms with Crippen molar-refractivity contribution in [2.45, 2.75) is 32.9 Å². The molecule has 0 aromatic heterocycles. The fraction of sp³-hybridized carbons (Fsp3) is 0.429. The lowest BCUT2D eigenvalue weighted by molar-refractivity contribution is -0.146. The van der Waals surface area contributed by atoms with Crippen molar-refractivity contribution >= 4 is 11.8 Å². The number of amides is 2. The molecule has 19 heavy (non-hydrogen) atoms. The number of hydrogen-bond donors (Lipinski definition) is 1. The molecule has 0 bridgehead atoms. The Morgan fingerprint density at radius 1 is 1.42 bits per heavy atom. The predicted molar refractivity (Wildman–Crippen MR) is 68.8 cm³/mol. The summed E-state index contributed by atoms with van der Waals surface area (Å²) in [6.45, 7) is 4.05. The highest BCUT2D eigenvalue weighted by atomic mass is 19.1. The molecule has 1 aromatic carbocycles. The lowest BCUT2D eigenvalue weighted by Gasteiger charge is -2.34. The van der Waals surface area contributed by atoms with E-state index in [1.165, 1.54) is 12.1 Å². The molecular formula is C14H17FN2O2. The Kier molecular flexibility index (Phi) is 3.83. The van der Waals surface area contributed by atoms with Gasteiger partial charge in [0.15, 0.2) is 0 Å². The first-order valence-electron chi connectivity index (χ1n) is 6.35. The summed E-state index contributed by atoms with van der Waals surface area (Å²) in [7, 11) is 0. The smallest absolute Gasteiger partial charge is 0.243 e. The van der Waals surface area contributed by atoms with Crippen LogP contribution in [-0.2, 0) is 16.1 Å². The molecule has 4 nitrogen and oxygen atoms in total. The molecule has 2 amide bonds. The zero-order valence-corrected chi connectivity index (χ0v) is 11.1. The topological polar surface area (TPSA) is 49.4 Å². The van der Waals surface area contributed by atoms with Crippen molar-refractivity contribution in [3.63, 3.8) is 0 Å². The average Bonchev–Trinajstić information content (AvgIpc) is 2.37. The maximum atomic E-state index is 13.1. The summed E-state index contributed by atoms with van der Waals surface area (Å²) in [6, 6.07) is 4.03. The van der Waals surface area contributed by atoms with Gasteiger partial charge in [-0.15, -0.1) is 0 Å². The van der Waals surface area contributed by atoms with Gasteiger partial charge >= 0.3 is 0 Å². The maximum absolute atomic E-state index is 13.1. The Bertz CT molecular complexity index is 516. The molecule has 1 aliphatic rings. The molecule has 1 aliphatic heterocycles. The quantitative estimate of drug-likeness (QED) is 0.896. The van der Waals surface area contributed by atoms with E-state index in [-0.39, 0.29) is 24.2 Å². The van der Waals surface area contributed by atoms with Crippen molar-refractivity contribution in [3.8, 4) is 0 Å². The van der Waals surface area contributed by atoms with Crippen LogP contribution in [0.4, 0.5) is 4.39 Å². The van der Waals surface area contributed by atoms with Gasteiger partial charge in [0.1, 0.15) is 11.9 Å². The summed E-state index contributed by atoms with van der Waals surface area (Å²) in [5.74, 6) is -0.520. The van der Waals surface area contributed by atoms with Crippen LogP contribution in [-0.4, -0.2) is 29.3 Å². The number of halogens is 1. The van der Waals surface area contributed by atoms with Crippen LogP contribution in [0.5, 0.6) is 0 Å². The highest BCUT2D eigenvalue weighted by Gasteiger charge is 2.33. The van der Waals surface area contributed by atoms with Crippen LogP contribution in [0.25, 0.3) is 0 Å². The van der Waals surface area contributed by atoms with Gasteiger partial charge in [0.25, 0.3) is 0 Å². The van der Waals surface area contributed by atoms with Crippen molar-refractivity contribution in [2.75, 3.05) is 6.54 Å². The van der Waals surface area contributed by atoms with E-state index < -0.39 is 6.04 Å². The van der Waals surface area contributed by atoms with Gasteiger partial charge < -0.3 is 10.2 Å². The van der Waals surface area contributed by atoms with Gasteiger partial charge in [0, 0.05) is 6.54 Å². The first kappa shape index (κ1) is 13.5. The maximum Gasteiger partial charge on any atom is 0.243 e. The SMILES string of the molecule is CCC1C(=O)NCC(=O)N1Cc1ccc(F)cc1C. The second-order valence-electron chi connectivity index (χ2n) is 4.73. The molecule has 0 aliphatic carbocycles. The van der Waals surface area contributed by atoms with Gasteiger partial charge in [-0.25, -0.2) is 4.39 Å². The molecule has 1 fully saturated rings. The number of hydrogen-bond acceptors (Lipinski definition) is 2. The van der Waals surface area contributed by atoms with E-state index in [0.717, 1.165) is 11.1 Å². The van der Waals surface area contributed by atoms with Gasteiger partial charge in [-0.1, -0.05) is 13.0 Å². The number of aryl methyl sites for hydroxylation is 1. The second-order valence-corrected chi connectivity index (χ2v) is 4.73. The van der Waals surface area contributed by atoms with E-state index >= 15 is 0 Å². The zero-order valence-electron chi connectivity index (χ0n) is 11.1. The second kappa shape index (κ2) is 5.38. The van der Waals surface area contributed by atoms with E-state index in [0.29, 0.717) is 13.0 Å². The minimum absolute atomic E-state index is 0.0373. The van der Waals surface area contributed by atoms with Gasteiger partial charge in [-0.05, 0) is 36.6 Å². The number of carbonyl (C=O) groups excluding carboxylic acids is 2. The fourth-order valence-corrected chi connectivity index (χ4v) is 2.32. The normalized spacial score (nSPS) is 19.5. The summed E-state index contributed by atoms with van der Waals surface area (Å²) in [6.07, 6.45) is 0.567. The molecule has 1 saturated heterocycles. The van der Waals surface area contributed by atoms with Crippen LogP contribution in [0, 0.1) is 12.7 Å². The largest absolute Gasteiger partial charge is 0.345 e. The van der Waals surface area contributed by atoms with Crippen molar-refractivity contribution in [3.05, 3.63) is 35.1 Å². The Labute approximate surface area is 111 Å². The third kappa shape index (κ3) is 2.75. The van der Waals surface area contributed by atoms with Gasteiger partial charge in [0.2, 0.25) is 11.8 Å². The number of benzene rings is 1. The summed E-state index contributed by atoms with van der Waals surface area (Å²) in [5, 5.41) is 2.58. The monoisotopic (exact) mass is 264 g/mol. The predicted octanol–water partition coefficient (Wildman–Crippen LogP) is 1.37. The van der Waals surface area contributed by atoms with Crippen molar-refractivity contribution in [1.29, 1.82) is 0 Å². The van der Waals surface area contributed by atoms with Crippen LogP contribution in [0.2, 0.25) is 0 Å². The number of piperazine rings is 1. The molecule has 0 saturated carbocycles. The minimum atomic E-state index is -0.439. The molecule has 2 rings (SSSR count). The summed E-state index contributed by atoms with van der Waals surface area (Å²) in [5.41, 5.74) is 1.65. The lowest BCUT2D eigenvalue weighted by Crippen LogP contribution is -2.57. The number of rotatable bonds is 3.